The predicted octanol–water partition coefficient (Wildman–Crippen LogP) is 3.23. The van der Waals surface area contributed by atoms with Crippen LogP contribution in [0.25, 0.3) is 11.1 Å². The summed E-state index contributed by atoms with van der Waals surface area (Å²) >= 11 is 0. The highest BCUT2D eigenvalue weighted by Gasteiger charge is 2.33. The first-order valence-electron chi connectivity index (χ1n) is 11.8. The van der Waals surface area contributed by atoms with Crippen molar-refractivity contribution in [1.82, 2.24) is 10.8 Å². The van der Waals surface area contributed by atoms with Crippen LogP contribution in [0.3, 0.4) is 0 Å². The van der Waals surface area contributed by atoms with Gasteiger partial charge in [-0.1, -0.05) is 55.0 Å². The molecule has 2 aromatic rings. The number of carboxylic acid groups (broad SMARTS) is 1. The van der Waals surface area contributed by atoms with Crippen molar-refractivity contribution in [3.05, 3.63) is 59.7 Å². The average Bonchev–Trinajstić information content (AvgIpc) is 3.42. The maximum Gasteiger partial charge on any atom is 0.407 e. The summed E-state index contributed by atoms with van der Waals surface area (Å²) < 4.78 is 10.4. The Hall–Kier alpha value is -3.43. The predicted molar refractivity (Wildman–Crippen MR) is 126 cm³/mol. The highest BCUT2D eigenvalue weighted by atomic mass is 16.7. The first kappa shape index (κ1) is 24.7. The summed E-state index contributed by atoms with van der Waals surface area (Å²) in [5.74, 6) is -1.80. The number of rotatable bonds is 10. The molecule has 3 N–H and O–H groups in total. The lowest BCUT2D eigenvalue weighted by Gasteiger charge is -2.22. The van der Waals surface area contributed by atoms with Crippen LogP contribution >= 0.6 is 0 Å². The zero-order valence-electron chi connectivity index (χ0n) is 19.6. The standard InChI is InChI=1S/C26H30N2O7/c1-33-15-23(25(30)31)35-28-24(29)13-16-7-6-12-22(16)27-26(32)34-14-21-19-10-4-2-8-17(19)18-9-3-5-11-20(18)21/h2-5,8-11,16,21-23H,6-7,12-15H2,1H3,(H,27,32)(H,28,29)(H,30,31). The molecular weight excluding hydrogens is 452 g/mol. The molecule has 2 aromatic carbocycles. The highest BCUT2D eigenvalue weighted by Crippen LogP contribution is 2.44. The van der Waals surface area contributed by atoms with Crippen LogP contribution in [0.2, 0.25) is 0 Å². The molecule has 4 rings (SSSR count). The summed E-state index contributed by atoms with van der Waals surface area (Å²) in [5, 5.41) is 12.0. The van der Waals surface area contributed by atoms with Gasteiger partial charge in [-0.05, 0) is 41.0 Å². The van der Waals surface area contributed by atoms with Crippen LogP contribution in [-0.2, 0) is 23.9 Å². The second-order valence-corrected chi connectivity index (χ2v) is 8.90. The molecule has 0 saturated heterocycles. The third-order valence-corrected chi connectivity index (χ3v) is 6.66. The van der Waals surface area contributed by atoms with E-state index in [9.17, 15) is 14.4 Å². The van der Waals surface area contributed by atoms with Gasteiger partial charge in [-0.3, -0.25) is 9.63 Å². The van der Waals surface area contributed by atoms with Crippen LogP contribution < -0.4 is 10.8 Å². The highest BCUT2D eigenvalue weighted by molar-refractivity contribution is 5.79. The number of alkyl carbamates (subject to hydrolysis) is 1. The molecule has 1 saturated carbocycles. The summed E-state index contributed by atoms with van der Waals surface area (Å²) in [5.41, 5.74) is 6.80. The lowest BCUT2D eigenvalue weighted by atomic mass is 9.98. The van der Waals surface area contributed by atoms with Crippen molar-refractivity contribution in [2.45, 2.75) is 43.7 Å². The Kier molecular flexibility index (Phi) is 7.99. The summed E-state index contributed by atoms with van der Waals surface area (Å²) in [6.45, 7) is 0.0344. The smallest absolute Gasteiger partial charge is 0.407 e. The Morgan fingerprint density at radius 3 is 2.31 bits per heavy atom. The normalized spacial score (nSPS) is 19.5. The topological polar surface area (TPSA) is 123 Å². The number of ether oxygens (including phenoxy) is 2. The van der Waals surface area contributed by atoms with Crippen LogP contribution in [0.5, 0.6) is 0 Å². The van der Waals surface area contributed by atoms with E-state index >= 15 is 0 Å². The van der Waals surface area contributed by atoms with E-state index in [1.165, 1.54) is 7.11 Å². The molecule has 1 fully saturated rings. The number of nitrogens with one attached hydrogen (secondary N) is 2. The van der Waals surface area contributed by atoms with Gasteiger partial charge in [0.25, 0.3) is 0 Å². The molecule has 0 aliphatic heterocycles. The number of methoxy groups -OCH3 is 1. The number of benzene rings is 2. The molecule has 0 radical (unpaired) electrons. The maximum atomic E-state index is 12.6. The van der Waals surface area contributed by atoms with Gasteiger partial charge in [-0.25, -0.2) is 15.1 Å². The number of fused-ring (bicyclic) bond motifs is 3. The van der Waals surface area contributed by atoms with E-state index in [1.54, 1.807) is 0 Å². The van der Waals surface area contributed by atoms with Gasteiger partial charge in [0, 0.05) is 25.5 Å². The van der Waals surface area contributed by atoms with Gasteiger partial charge in [-0.2, -0.15) is 0 Å². The van der Waals surface area contributed by atoms with Gasteiger partial charge in [0.1, 0.15) is 6.61 Å². The van der Waals surface area contributed by atoms with Crippen LogP contribution in [0, 0.1) is 5.92 Å². The molecule has 3 unspecified atom stereocenters. The molecule has 3 atom stereocenters. The molecule has 2 amide bonds. The SMILES string of the molecule is COCC(ONC(=O)CC1CCCC1NC(=O)OCC1c2ccccc2-c2ccccc21)C(=O)O. The zero-order chi connectivity index (χ0) is 24.8. The first-order valence-corrected chi connectivity index (χ1v) is 11.8. The molecular formula is C26H30N2O7. The Labute approximate surface area is 203 Å². The quantitative estimate of drug-likeness (QED) is 0.444. The number of hydrogen-bond acceptors (Lipinski definition) is 6. The number of carboxylic acids is 1. The number of amides is 2. The van der Waals surface area contributed by atoms with Crippen molar-refractivity contribution in [2.24, 2.45) is 5.92 Å². The van der Waals surface area contributed by atoms with Crippen LogP contribution in [0.4, 0.5) is 4.79 Å². The largest absolute Gasteiger partial charge is 0.479 e. The molecule has 0 bridgehead atoms. The van der Waals surface area contributed by atoms with E-state index in [1.807, 2.05) is 24.3 Å². The Morgan fingerprint density at radius 2 is 1.69 bits per heavy atom. The number of aliphatic carboxylic acids is 1. The van der Waals surface area contributed by atoms with Crippen molar-refractivity contribution in [3.8, 4) is 11.1 Å². The van der Waals surface area contributed by atoms with Crippen molar-refractivity contribution >= 4 is 18.0 Å². The first-order chi connectivity index (χ1) is 17.0. The summed E-state index contributed by atoms with van der Waals surface area (Å²) in [6.07, 6.45) is 0.683. The van der Waals surface area contributed by atoms with Gasteiger partial charge in [0.05, 0.1) is 6.61 Å². The van der Waals surface area contributed by atoms with Crippen molar-refractivity contribution < 1.29 is 33.8 Å². The second kappa shape index (κ2) is 11.3. The van der Waals surface area contributed by atoms with E-state index in [-0.39, 0.29) is 37.5 Å². The van der Waals surface area contributed by atoms with Gasteiger partial charge < -0.3 is 19.9 Å². The Bertz CT molecular complexity index is 1030. The second-order valence-electron chi connectivity index (χ2n) is 8.90. The van der Waals surface area contributed by atoms with Crippen molar-refractivity contribution in [3.63, 3.8) is 0 Å². The molecule has 2 aliphatic rings. The minimum absolute atomic E-state index is 0.0234. The molecule has 186 valence electrons. The van der Waals surface area contributed by atoms with Gasteiger partial charge in [0.2, 0.25) is 12.0 Å². The third-order valence-electron chi connectivity index (χ3n) is 6.66. The van der Waals surface area contributed by atoms with Gasteiger partial charge in [0.15, 0.2) is 0 Å². The van der Waals surface area contributed by atoms with E-state index in [0.717, 1.165) is 41.5 Å². The van der Waals surface area contributed by atoms with Crippen LogP contribution in [-0.4, -0.2) is 55.5 Å². The van der Waals surface area contributed by atoms with Gasteiger partial charge >= 0.3 is 12.1 Å². The van der Waals surface area contributed by atoms with Crippen molar-refractivity contribution in [2.75, 3.05) is 20.3 Å². The lowest BCUT2D eigenvalue weighted by molar-refractivity contribution is -0.165. The van der Waals surface area contributed by atoms with Crippen LogP contribution in [0.15, 0.2) is 48.5 Å². The summed E-state index contributed by atoms with van der Waals surface area (Å²) in [6, 6.07) is 16.1. The number of carbonyl (C=O) groups is 3. The molecule has 9 heteroatoms. The molecule has 0 aromatic heterocycles. The summed E-state index contributed by atoms with van der Waals surface area (Å²) in [4.78, 5) is 41.0. The fourth-order valence-electron chi connectivity index (χ4n) is 4.99. The number of hydrogen-bond donors (Lipinski definition) is 3. The minimum atomic E-state index is -1.29. The Morgan fingerprint density at radius 1 is 1.03 bits per heavy atom. The fraction of sp³-hybridized carbons (Fsp3) is 0.423. The maximum absolute atomic E-state index is 12.6. The van der Waals surface area contributed by atoms with E-state index in [4.69, 9.17) is 19.4 Å². The molecule has 35 heavy (non-hydrogen) atoms. The van der Waals surface area contributed by atoms with E-state index < -0.39 is 24.1 Å². The molecule has 0 spiro atoms. The van der Waals surface area contributed by atoms with Crippen LogP contribution in [0.1, 0.15) is 42.7 Å². The molecule has 0 heterocycles. The lowest BCUT2D eigenvalue weighted by Crippen LogP contribution is -2.41. The number of hydroxylamine groups is 1. The third kappa shape index (κ3) is 5.80. The van der Waals surface area contributed by atoms with Crippen molar-refractivity contribution in [1.29, 1.82) is 0 Å². The van der Waals surface area contributed by atoms with Gasteiger partial charge in [-0.15, -0.1) is 0 Å². The average molecular weight is 483 g/mol. The van der Waals surface area contributed by atoms with E-state index in [0.29, 0.717) is 0 Å². The summed E-state index contributed by atoms with van der Waals surface area (Å²) in [7, 11) is 1.35. The minimum Gasteiger partial charge on any atom is -0.479 e. The molecule has 9 nitrogen and oxygen atoms in total. The fourth-order valence-corrected chi connectivity index (χ4v) is 4.99. The zero-order valence-corrected chi connectivity index (χ0v) is 19.6. The number of carbonyl (C=O) groups excluding carboxylic acids is 2. The molecule has 2 aliphatic carbocycles. The Balaban J connectivity index is 1.28. The van der Waals surface area contributed by atoms with E-state index in [2.05, 4.69) is 35.1 Å². The monoisotopic (exact) mass is 482 g/mol.